The number of ether oxygens (including phenoxy) is 1. The molecular weight excluding hydrogens is 312 g/mol. The third-order valence-corrected chi connectivity index (χ3v) is 4.42. The number of hydrogen-bond acceptors (Lipinski definition) is 5. The van der Waals surface area contributed by atoms with E-state index in [2.05, 4.69) is 56.9 Å². The van der Waals surface area contributed by atoms with Crippen LogP contribution in [0.2, 0.25) is 0 Å². The predicted molar refractivity (Wildman–Crippen MR) is 95.0 cm³/mol. The summed E-state index contributed by atoms with van der Waals surface area (Å²) in [5.74, 6) is 1.47. The standard InChI is InChI=1S/C20H20N4O/c1-2-4-15(5-3-1)13-25-18-8-6-16(7-9-18)19-10-20(19)22-12-17-11-21-14-23-24-17/h1-9,11,14,19-20,22H,10,12-13H2. The topological polar surface area (TPSA) is 59.9 Å². The van der Waals surface area contributed by atoms with Gasteiger partial charge in [-0.05, 0) is 29.7 Å². The van der Waals surface area contributed by atoms with E-state index in [9.17, 15) is 0 Å². The summed E-state index contributed by atoms with van der Waals surface area (Å²) in [5, 5.41) is 11.3. The van der Waals surface area contributed by atoms with Gasteiger partial charge in [-0.2, -0.15) is 5.10 Å². The second kappa shape index (κ2) is 7.40. The Balaban J connectivity index is 1.27. The van der Waals surface area contributed by atoms with Gasteiger partial charge in [0.1, 0.15) is 18.7 Å². The maximum Gasteiger partial charge on any atom is 0.138 e. The fraction of sp³-hybridized carbons (Fsp3) is 0.250. The molecule has 0 aliphatic heterocycles. The zero-order valence-electron chi connectivity index (χ0n) is 13.9. The van der Waals surface area contributed by atoms with Gasteiger partial charge in [-0.25, -0.2) is 4.98 Å². The number of rotatable bonds is 7. The van der Waals surface area contributed by atoms with E-state index < -0.39 is 0 Å². The molecular formula is C20H20N4O. The lowest BCUT2D eigenvalue weighted by Gasteiger charge is -2.08. The Morgan fingerprint density at radius 2 is 1.88 bits per heavy atom. The Bertz CT molecular complexity index is 793. The Kier molecular flexibility index (Phi) is 4.65. The van der Waals surface area contributed by atoms with E-state index >= 15 is 0 Å². The van der Waals surface area contributed by atoms with Gasteiger partial charge in [0.2, 0.25) is 0 Å². The summed E-state index contributed by atoms with van der Waals surface area (Å²) >= 11 is 0. The highest BCUT2D eigenvalue weighted by Gasteiger charge is 2.37. The van der Waals surface area contributed by atoms with Gasteiger partial charge in [0.15, 0.2) is 0 Å². The van der Waals surface area contributed by atoms with Crippen LogP contribution < -0.4 is 10.1 Å². The predicted octanol–water partition coefficient (Wildman–Crippen LogP) is 3.10. The minimum absolute atomic E-state index is 0.498. The van der Waals surface area contributed by atoms with Crippen LogP contribution >= 0.6 is 0 Å². The van der Waals surface area contributed by atoms with Crippen molar-refractivity contribution in [2.24, 2.45) is 0 Å². The van der Waals surface area contributed by atoms with Crippen molar-refractivity contribution in [1.82, 2.24) is 20.5 Å². The minimum atomic E-state index is 0.498. The number of hydrogen-bond donors (Lipinski definition) is 1. The highest BCUT2D eigenvalue weighted by atomic mass is 16.5. The van der Waals surface area contributed by atoms with Crippen LogP contribution in [0.15, 0.2) is 67.1 Å². The zero-order valence-corrected chi connectivity index (χ0v) is 13.9. The molecule has 1 saturated carbocycles. The highest BCUT2D eigenvalue weighted by Crippen LogP contribution is 2.41. The SMILES string of the molecule is c1ccc(COc2ccc(C3CC3NCc3cncnn3)cc2)cc1. The Morgan fingerprint density at radius 1 is 1.04 bits per heavy atom. The summed E-state index contributed by atoms with van der Waals surface area (Å²) in [6.07, 6.45) is 4.35. The van der Waals surface area contributed by atoms with Gasteiger partial charge in [-0.1, -0.05) is 42.5 Å². The summed E-state index contributed by atoms with van der Waals surface area (Å²) in [6.45, 7) is 1.31. The van der Waals surface area contributed by atoms with Crippen molar-refractivity contribution in [3.8, 4) is 5.75 Å². The molecule has 1 N–H and O–H groups in total. The van der Waals surface area contributed by atoms with Crippen molar-refractivity contribution in [2.75, 3.05) is 0 Å². The number of nitrogens with zero attached hydrogens (tertiary/aromatic N) is 3. The first-order chi connectivity index (χ1) is 12.4. The van der Waals surface area contributed by atoms with E-state index in [1.165, 1.54) is 17.5 Å². The molecule has 5 heteroatoms. The van der Waals surface area contributed by atoms with Gasteiger partial charge in [0.05, 0.1) is 11.9 Å². The maximum atomic E-state index is 5.84. The molecule has 0 spiro atoms. The molecule has 5 nitrogen and oxygen atoms in total. The molecule has 0 bridgehead atoms. The van der Waals surface area contributed by atoms with E-state index in [0.29, 0.717) is 25.1 Å². The first-order valence-corrected chi connectivity index (χ1v) is 8.50. The molecule has 126 valence electrons. The molecule has 3 aromatic rings. The van der Waals surface area contributed by atoms with Crippen LogP contribution in [0.3, 0.4) is 0 Å². The van der Waals surface area contributed by atoms with Gasteiger partial charge >= 0.3 is 0 Å². The van der Waals surface area contributed by atoms with E-state index in [0.717, 1.165) is 17.9 Å². The van der Waals surface area contributed by atoms with Crippen LogP contribution in [0.1, 0.15) is 29.2 Å². The Hall–Kier alpha value is -2.79. The van der Waals surface area contributed by atoms with Crippen molar-refractivity contribution >= 4 is 0 Å². The molecule has 0 radical (unpaired) electrons. The maximum absolute atomic E-state index is 5.84. The van der Waals surface area contributed by atoms with Crippen molar-refractivity contribution in [3.63, 3.8) is 0 Å². The molecule has 2 aromatic carbocycles. The van der Waals surface area contributed by atoms with Gasteiger partial charge in [-0.15, -0.1) is 5.10 Å². The summed E-state index contributed by atoms with van der Waals surface area (Å²) in [7, 11) is 0. The molecule has 1 fully saturated rings. The summed E-state index contributed by atoms with van der Waals surface area (Å²) < 4.78 is 5.84. The average Bonchev–Trinajstić information content (AvgIpc) is 3.47. The van der Waals surface area contributed by atoms with Gasteiger partial charge in [-0.3, -0.25) is 0 Å². The number of benzene rings is 2. The van der Waals surface area contributed by atoms with Crippen molar-refractivity contribution in [3.05, 3.63) is 83.9 Å². The summed E-state index contributed by atoms with van der Waals surface area (Å²) in [4.78, 5) is 3.98. The highest BCUT2D eigenvalue weighted by molar-refractivity contribution is 5.34. The molecule has 0 saturated heterocycles. The van der Waals surface area contributed by atoms with Crippen LogP contribution in [-0.2, 0) is 13.2 Å². The second-order valence-corrected chi connectivity index (χ2v) is 6.27. The Labute approximate surface area is 147 Å². The lowest BCUT2D eigenvalue weighted by Crippen LogP contribution is -2.18. The van der Waals surface area contributed by atoms with Crippen molar-refractivity contribution < 1.29 is 4.74 Å². The Morgan fingerprint density at radius 3 is 2.64 bits per heavy atom. The lowest BCUT2D eigenvalue weighted by molar-refractivity contribution is 0.306. The second-order valence-electron chi connectivity index (χ2n) is 6.27. The van der Waals surface area contributed by atoms with Gasteiger partial charge in [0, 0.05) is 18.5 Å². The third kappa shape index (κ3) is 4.19. The van der Waals surface area contributed by atoms with Crippen LogP contribution in [0, 0.1) is 0 Å². The van der Waals surface area contributed by atoms with E-state index in [1.54, 1.807) is 6.20 Å². The van der Waals surface area contributed by atoms with Gasteiger partial charge < -0.3 is 10.1 Å². The van der Waals surface area contributed by atoms with Crippen LogP contribution in [0.4, 0.5) is 0 Å². The molecule has 1 aromatic heterocycles. The van der Waals surface area contributed by atoms with E-state index in [4.69, 9.17) is 4.74 Å². The molecule has 1 aliphatic carbocycles. The largest absolute Gasteiger partial charge is 0.489 e. The minimum Gasteiger partial charge on any atom is -0.489 e. The van der Waals surface area contributed by atoms with E-state index in [-0.39, 0.29) is 0 Å². The summed E-state index contributed by atoms with van der Waals surface area (Å²) in [6, 6.07) is 19.1. The summed E-state index contributed by atoms with van der Waals surface area (Å²) in [5.41, 5.74) is 3.40. The fourth-order valence-corrected chi connectivity index (χ4v) is 2.93. The molecule has 0 amide bonds. The quantitative estimate of drug-likeness (QED) is 0.720. The fourth-order valence-electron chi connectivity index (χ4n) is 2.93. The average molecular weight is 332 g/mol. The molecule has 2 atom stereocenters. The first kappa shape index (κ1) is 15.7. The monoisotopic (exact) mass is 332 g/mol. The number of nitrogens with one attached hydrogen (secondary N) is 1. The molecule has 2 unspecified atom stereocenters. The van der Waals surface area contributed by atoms with E-state index in [1.807, 2.05) is 18.2 Å². The number of aromatic nitrogens is 3. The third-order valence-electron chi connectivity index (χ3n) is 4.42. The molecule has 4 rings (SSSR count). The van der Waals surface area contributed by atoms with Crippen LogP contribution in [-0.4, -0.2) is 21.2 Å². The van der Waals surface area contributed by atoms with Crippen molar-refractivity contribution in [2.45, 2.75) is 31.5 Å². The molecule has 1 heterocycles. The smallest absolute Gasteiger partial charge is 0.138 e. The molecule has 1 aliphatic rings. The van der Waals surface area contributed by atoms with Gasteiger partial charge in [0.25, 0.3) is 0 Å². The zero-order chi connectivity index (χ0) is 16.9. The van der Waals surface area contributed by atoms with Crippen molar-refractivity contribution in [1.29, 1.82) is 0 Å². The first-order valence-electron chi connectivity index (χ1n) is 8.50. The normalized spacial score (nSPS) is 18.7. The van der Waals surface area contributed by atoms with Crippen LogP contribution in [0.25, 0.3) is 0 Å². The molecule has 25 heavy (non-hydrogen) atoms. The van der Waals surface area contributed by atoms with Crippen LogP contribution in [0.5, 0.6) is 5.75 Å². The lowest BCUT2D eigenvalue weighted by atomic mass is 10.1.